The fourth-order valence-electron chi connectivity index (χ4n) is 2.51. The average Bonchev–Trinajstić information content (AvgIpc) is 2.28. The van der Waals surface area contributed by atoms with Gasteiger partial charge in [0.25, 0.3) is 0 Å². The van der Waals surface area contributed by atoms with E-state index in [1.807, 2.05) is 0 Å². The molecule has 3 unspecified atom stereocenters. The molecule has 1 saturated heterocycles. The van der Waals surface area contributed by atoms with Gasteiger partial charge in [-0.3, -0.25) is 4.90 Å². The second-order valence-electron chi connectivity index (χ2n) is 5.32. The largest absolute Gasteiger partial charge is 0.390 e. The van der Waals surface area contributed by atoms with Gasteiger partial charge < -0.3 is 15.2 Å². The summed E-state index contributed by atoms with van der Waals surface area (Å²) >= 11 is 0. The van der Waals surface area contributed by atoms with E-state index in [9.17, 15) is 5.11 Å². The zero-order valence-corrected chi connectivity index (χ0v) is 11.5. The van der Waals surface area contributed by atoms with Gasteiger partial charge in [-0.1, -0.05) is 6.92 Å². The summed E-state index contributed by atoms with van der Waals surface area (Å²) in [5, 5.41) is 13.1. The molecule has 2 N–H and O–H groups in total. The molecule has 0 aliphatic carbocycles. The number of aliphatic hydroxyl groups excluding tert-OH is 1. The molecule has 1 heterocycles. The Hall–Kier alpha value is -0.160. The Kier molecular flexibility index (Phi) is 7.04. The van der Waals surface area contributed by atoms with Crippen molar-refractivity contribution in [3.63, 3.8) is 0 Å². The van der Waals surface area contributed by atoms with Crippen LogP contribution in [0.15, 0.2) is 0 Å². The molecule has 102 valence electrons. The zero-order valence-electron chi connectivity index (χ0n) is 11.5. The molecule has 1 fully saturated rings. The highest BCUT2D eigenvalue weighted by Crippen LogP contribution is 2.21. The van der Waals surface area contributed by atoms with Gasteiger partial charge in [-0.2, -0.15) is 0 Å². The summed E-state index contributed by atoms with van der Waals surface area (Å²) in [5.74, 6) is 0.832. The van der Waals surface area contributed by atoms with Gasteiger partial charge in [0, 0.05) is 32.8 Å². The van der Waals surface area contributed by atoms with Crippen molar-refractivity contribution in [3.05, 3.63) is 0 Å². The van der Waals surface area contributed by atoms with E-state index < -0.39 is 0 Å². The molecule has 4 nitrogen and oxygen atoms in total. The monoisotopic (exact) mass is 244 g/mol. The van der Waals surface area contributed by atoms with E-state index in [4.69, 9.17) is 4.74 Å². The highest BCUT2D eigenvalue weighted by atomic mass is 16.5. The van der Waals surface area contributed by atoms with Gasteiger partial charge in [0.1, 0.15) is 0 Å². The number of piperidine rings is 1. The smallest absolute Gasteiger partial charge is 0.0791 e. The van der Waals surface area contributed by atoms with Gasteiger partial charge in [0.2, 0.25) is 0 Å². The van der Waals surface area contributed by atoms with E-state index in [0.29, 0.717) is 19.2 Å². The minimum absolute atomic E-state index is 0.275. The molecular formula is C13H28N2O2. The molecule has 0 amide bonds. The minimum Gasteiger partial charge on any atom is -0.390 e. The van der Waals surface area contributed by atoms with Crippen molar-refractivity contribution in [1.82, 2.24) is 10.2 Å². The number of ether oxygens (including phenoxy) is 1. The summed E-state index contributed by atoms with van der Waals surface area (Å²) < 4.78 is 4.95. The third kappa shape index (κ3) is 5.82. The van der Waals surface area contributed by atoms with Crippen molar-refractivity contribution in [2.24, 2.45) is 5.92 Å². The highest BCUT2D eigenvalue weighted by Gasteiger charge is 2.24. The van der Waals surface area contributed by atoms with Crippen LogP contribution in [0.2, 0.25) is 0 Å². The first-order valence-electron chi connectivity index (χ1n) is 6.75. The van der Waals surface area contributed by atoms with Gasteiger partial charge >= 0.3 is 0 Å². The molecule has 3 atom stereocenters. The number of β-amino-alcohol motifs (C(OH)–C–C–N with tert-alkyl or cyclic N) is 1. The van der Waals surface area contributed by atoms with Crippen molar-refractivity contribution < 1.29 is 9.84 Å². The highest BCUT2D eigenvalue weighted by molar-refractivity contribution is 4.79. The van der Waals surface area contributed by atoms with Crippen LogP contribution in [0.4, 0.5) is 0 Å². The van der Waals surface area contributed by atoms with Crippen LogP contribution in [0.3, 0.4) is 0 Å². The Bertz CT molecular complexity index is 202. The van der Waals surface area contributed by atoms with E-state index in [-0.39, 0.29) is 6.10 Å². The maximum Gasteiger partial charge on any atom is 0.0791 e. The van der Waals surface area contributed by atoms with Crippen molar-refractivity contribution in [3.8, 4) is 0 Å². The molecule has 0 radical (unpaired) electrons. The molecule has 0 aromatic heterocycles. The Balaban J connectivity index is 2.14. The predicted octanol–water partition coefficient (Wildman–Crippen LogP) is 0.704. The molecule has 17 heavy (non-hydrogen) atoms. The Morgan fingerprint density at radius 3 is 2.88 bits per heavy atom. The molecule has 0 bridgehead atoms. The minimum atomic E-state index is -0.275. The van der Waals surface area contributed by atoms with Gasteiger partial charge in [-0.15, -0.1) is 0 Å². The first-order valence-corrected chi connectivity index (χ1v) is 6.75. The lowest BCUT2D eigenvalue weighted by molar-refractivity contribution is 0.0594. The van der Waals surface area contributed by atoms with E-state index in [1.54, 1.807) is 7.11 Å². The summed E-state index contributed by atoms with van der Waals surface area (Å²) in [5.41, 5.74) is 0. The van der Waals surface area contributed by atoms with Crippen LogP contribution >= 0.6 is 0 Å². The molecule has 0 aromatic rings. The average molecular weight is 244 g/mol. The number of hydrogen-bond donors (Lipinski definition) is 2. The number of likely N-dealkylation sites (tertiary alicyclic amines) is 1. The summed E-state index contributed by atoms with van der Waals surface area (Å²) in [6.45, 7) is 8.65. The molecule has 0 spiro atoms. The van der Waals surface area contributed by atoms with Crippen LogP contribution in [0.5, 0.6) is 0 Å². The number of aliphatic hydroxyl groups is 1. The topological polar surface area (TPSA) is 44.7 Å². The van der Waals surface area contributed by atoms with Crippen LogP contribution in [-0.4, -0.2) is 62.0 Å². The lowest BCUT2D eigenvalue weighted by Gasteiger charge is -2.37. The fourth-order valence-corrected chi connectivity index (χ4v) is 2.51. The first-order chi connectivity index (χ1) is 8.13. The van der Waals surface area contributed by atoms with E-state index >= 15 is 0 Å². The molecule has 1 aliphatic heterocycles. The van der Waals surface area contributed by atoms with Crippen molar-refractivity contribution in [2.75, 3.05) is 39.9 Å². The van der Waals surface area contributed by atoms with Gasteiger partial charge in [-0.25, -0.2) is 0 Å². The normalized spacial score (nSPS) is 28.2. The van der Waals surface area contributed by atoms with Gasteiger partial charge in [-0.05, 0) is 32.2 Å². The lowest BCUT2D eigenvalue weighted by Crippen LogP contribution is -2.46. The Morgan fingerprint density at radius 1 is 1.47 bits per heavy atom. The van der Waals surface area contributed by atoms with Crippen molar-refractivity contribution >= 4 is 0 Å². The van der Waals surface area contributed by atoms with Crippen LogP contribution < -0.4 is 5.32 Å². The first kappa shape index (κ1) is 14.9. The third-order valence-electron chi connectivity index (χ3n) is 3.58. The zero-order chi connectivity index (χ0) is 12.7. The van der Waals surface area contributed by atoms with E-state index in [0.717, 1.165) is 25.6 Å². The molecule has 0 saturated carbocycles. The summed E-state index contributed by atoms with van der Waals surface area (Å²) in [6, 6.07) is 0.604. The predicted molar refractivity (Wildman–Crippen MR) is 70.2 cm³/mol. The van der Waals surface area contributed by atoms with Crippen molar-refractivity contribution in [1.29, 1.82) is 0 Å². The molecule has 1 rings (SSSR count). The van der Waals surface area contributed by atoms with E-state index in [2.05, 4.69) is 24.1 Å². The quantitative estimate of drug-likeness (QED) is 0.647. The lowest BCUT2D eigenvalue weighted by atomic mass is 9.93. The Labute approximate surface area is 105 Å². The standard InChI is InChI=1S/C13H28N2O2/c1-11-4-6-15(12(2)8-11)10-13(16)9-14-5-7-17-3/h11-14,16H,4-10H2,1-3H3. The molecular weight excluding hydrogens is 216 g/mol. The maximum atomic E-state index is 9.94. The van der Waals surface area contributed by atoms with Crippen LogP contribution in [0.1, 0.15) is 26.7 Å². The van der Waals surface area contributed by atoms with Crippen LogP contribution in [-0.2, 0) is 4.74 Å². The summed E-state index contributed by atoms with van der Waals surface area (Å²) in [6.07, 6.45) is 2.24. The number of nitrogens with zero attached hydrogens (tertiary/aromatic N) is 1. The summed E-state index contributed by atoms with van der Waals surface area (Å²) in [7, 11) is 1.69. The SMILES string of the molecule is COCCNCC(O)CN1CCC(C)CC1C. The second kappa shape index (κ2) is 8.03. The maximum absolute atomic E-state index is 9.94. The number of rotatable bonds is 7. The number of hydrogen-bond acceptors (Lipinski definition) is 4. The summed E-state index contributed by atoms with van der Waals surface area (Å²) in [4.78, 5) is 2.41. The molecule has 4 heteroatoms. The molecule has 1 aliphatic rings. The Morgan fingerprint density at radius 2 is 2.24 bits per heavy atom. The van der Waals surface area contributed by atoms with Gasteiger partial charge in [0.05, 0.1) is 12.7 Å². The van der Waals surface area contributed by atoms with E-state index in [1.165, 1.54) is 12.8 Å². The fraction of sp³-hybridized carbons (Fsp3) is 1.00. The molecule has 0 aromatic carbocycles. The second-order valence-corrected chi connectivity index (χ2v) is 5.32. The number of nitrogens with one attached hydrogen (secondary N) is 1. The van der Waals surface area contributed by atoms with Gasteiger partial charge in [0.15, 0.2) is 0 Å². The van der Waals surface area contributed by atoms with Crippen molar-refractivity contribution in [2.45, 2.75) is 38.8 Å². The third-order valence-corrected chi connectivity index (χ3v) is 3.58. The number of methoxy groups -OCH3 is 1. The van der Waals surface area contributed by atoms with Crippen LogP contribution in [0.25, 0.3) is 0 Å². The van der Waals surface area contributed by atoms with Crippen LogP contribution in [0, 0.1) is 5.92 Å².